The van der Waals surface area contributed by atoms with Crippen LogP contribution in [0.25, 0.3) is 11.3 Å². The molecule has 4 rings (SSSR count). The highest BCUT2D eigenvalue weighted by atomic mass is 35.5. The number of carbonyl (C=O) groups is 1. The summed E-state index contributed by atoms with van der Waals surface area (Å²) in [7, 11) is 1.59. The number of anilines is 3. The van der Waals surface area contributed by atoms with Crippen molar-refractivity contribution in [1.82, 2.24) is 19.9 Å². The molecule has 0 saturated heterocycles. The van der Waals surface area contributed by atoms with E-state index < -0.39 is 0 Å². The zero-order valence-corrected chi connectivity index (χ0v) is 18.1. The van der Waals surface area contributed by atoms with Gasteiger partial charge < -0.3 is 15.4 Å². The summed E-state index contributed by atoms with van der Waals surface area (Å²) < 4.78 is 5.23. The van der Waals surface area contributed by atoms with Gasteiger partial charge in [0.1, 0.15) is 10.9 Å². The van der Waals surface area contributed by atoms with Gasteiger partial charge in [0.25, 0.3) is 5.91 Å². The number of benzene rings is 1. The Morgan fingerprint density at radius 1 is 1.03 bits per heavy atom. The Hall–Kier alpha value is -4.04. The Morgan fingerprint density at radius 2 is 1.91 bits per heavy atom. The maximum absolute atomic E-state index is 12.5. The summed E-state index contributed by atoms with van der Waals surface area (Å²) in [6, 6.07) is 12.4. The molecule has 0 aliphatic heterocycles. The molecule has 160 valence electrons. The summed E-state index contributed by atoms with van der Waals surface area (Å²) in [5.74, 6) is 0.775. The number of amides is 1. The summed E-state index contributed by atoms with van der Waals surface area (Å²) in [5.41, 5.74) is 4.26. The Labute approximate surface area is 189 Å². The van der Waals surface area contributed by atoms with Crippen LogP contribution in [0.3, 0.4) is 0 Å². The van der Waals surface area contributed by atoms with Crippen molar-refractivity contribution in [1.29, 1.82) is 0 Å². The van der Waals surface area contributed by atoms with Gasteiger partial charge in [-0.25, -0.2) is 15.0 Å². The summed E-state index contributed by atoms with van der Waals surface area (Å²) >= 11 is 5.78. The van der Waals surface area contributed by atoms with E-state index >= 15 is 0 Å². The fourth-order valence-electron chi connectivity index (χ4n) is 2.92. The van der Waals surface area contributed by atoms with Crippen LogP contribution < -0.4 is 15.4 Å². The maximum Gasteiger partial charge on any atom is 0.257 e. The van der Waals surface area contributed by atoms with E-state index in [2.05, 4.69) is 30.6 Å². The highest BCUT2D eigenvalue weighted by Crippen LogP contribution is 2.25. The molecule has 4 aromatic rings. The molecule has 0 bridgehead atoms. The van der Waals surface area contributed by atoms with Crippen LogP contribution in [0, 0.1) is 6.92 Å². The molecule has 1 aromatic carbocycles. The lowest BCUT2D eigenvalue weighted by molar-refractivity contribution is 0.102. The van der Waals surface area contributed by atoms with Crippen molar-refractivity contribution in [3.8, 4) is 17.0 Å². The van der Waals surface area contributed by atoms with E-state index in [1.165, 1.54) is 6.20 Å². The van der Waals surface area contributed by atoms with Crippen LogP contribution in [-0.2, 0) is 0 Å². The van der Waals surface area contributed by atoms with Gasteiger partial charge in [0.2, 0.25) is 5.95 Å². The first-order valence-corrected chi connectivity index (χ1v) is 10.0. The summed E-state index contributed by atoms with van der Waals surface area (Å²) in [6.07, 6.45) is 6.44. The zero-order chi connectivity index (χ0) is 22.5. The van der Waals surface area contributed by atoms with Gasteiger partial charge in [0.15, 0.2) is 0 Å². The second kappa shape index (κ2) is 9.40. The monoisotopic (exact) mass is 446 g/mol. The molecule has 0 spiro atoms. The highest BCUT2D eigenvalue weighted by Gasteiger charge is 2.10. The number of carbonyl (C=O) groups excluding carboxylic acids is 1. The molecule has 0 saturated carbocycles. The van der Waals surface area contributed by atoms with Crippen LogP contribution >= 0.6 is 11.6 Å². The quantitative estimate of drug-likeness (QED) is 0.406. The molecule has 8 nitrogen and oxygen atoms in total. The smallest absolute Gasteiger partial charge is 0.257 e. The van der Waals surface area contributed by atoms with E-state index in [-0.39, 0.29) is 5.91 Å². The Bertz CT molecular complexity index is 1260. The van der Waals surface area contributed by atoms with Crippen molar-refractivity contribution < 1.29 is 9.53 Å². The van der Waals surface area contributed by atoms with Crippen molar-refractivity contribution in [2.45, 2.75) is 6.92 Å². The van der Waals surface area contributed by atoms with Crippen LogP contribution in [0.2, 0.25) is 5.15 Å². The molecule has 32 heavy (non-hydrogen) atoms. The molecule has 3 heterocycles. The SMILES string of the molecule is COc1cncc(-c2ccnc(Nc3cc(NC(=O)c4ccc(Cl)nc4)ccc3C)n2)c1. The van der Waals surface area contributed by atoms with Crippen molar-refractivity contribution in [3.05, 3.63) is 83.5 Å². The van der Waals surface area contributed by atoms with Gasteiger partial charge in [-0.1, -0.05) is 17.7 Å². The van der Waals surface area contributed by atoms with Gasteiger partial charge >= 0.3 is 0 Å². The van der Waals surface area contributed by atoms with E-state index in [0.29, 0.717) is 33.8 Å². The minimum Gasteiger partial charge on any atom is -0.495 e. The Morgan fingerprint density at radius 3 is 2.69 bits per heavy atom. The van der Waals surface area contributed by atoms with E-state index in [0.717, 1.165) is 16.8 Å². The summed E-state index contributed by atoms with van der Waals surface area (Å²) in [6.45, 7) is 1.95. The van der Waals surface area contributed by atoms with E-state index in [1.807, 2.05) is 31.2 Å². The van der Waals surface area contributed by atoms with Crippen LogP contribution in [0.1, 0.15) is 15.9 Å². The number of pyridine rings is 2. The molecule has 0 unspecified atom stereocenters. The van der Waals surface area contributed by atoms with Crippen LogP contribution in [0.15, 0.2) is 67.3 Å². The molecule has 9 heteroatoms. The Kier molecular flexibility index (Phi) is 6.23. The van der Waals surface area contributed by atoms with E-state index in [4.69, 9.17) is 16.3 Å². The second-order valence-electron chi connectivity index (χ2n) is 6.86. The molecule has 2 N–H and O–H groups in total. The normalized spacial score (nSPS) is 10.5. The molecule has 0 atom stereocenters. The Balaban J connectivity index is 1.54. The molecule has 3 aromatic heterocycles. The number of aromatic nitrogens is 4. The predicted octanol–water partition coefficient (Wildman–Crippen LogP) is 4.90. The summed E-state index contributed by atoms with van der Waals surface area (Å²) in [5, 5.41) is 6.40. The minimum atomic E-state index is -0.284. The molecule has 1 amide bonds. The molecule has 0 aliphatic rings. The predicted molar refractivity (Wildman–Crippen MR) is 123 cm³/mol. The van der Waals surface area contributed by atoms with Crippen molar-refractivity contribution in [2.75, 3.05) is 17.7 Å². The van der Waals surface area contributed by atoms with E-state index in [9.17, 15) is 4.79 Å². The first-order chi connectivity index (χ1) is 15.5. The lowest BCUT2D eigenvalue weighted by atomic mass is 10.1. The van der Waals surface area contributed by atoms with Crippen LogP contribution in [0.5, 0.6) is 5.75 Å². The third-order valence-electron chi connectivity index (χ3n) is 4.63. The lowest BCUT2D eigenvalue weighted by Gasteiger charge is -2.12. The molecule has 0 fully saturated rings. The summed E-state index contributed by atoms with van der Waals surface area (Å²) in [4.78, 5) is 29.5. The second-order valence-corrected chi connectivity index (χ2v) is 7.24. The number of hydrogen-bond donors (Lipinski definition) is 2. The van der Waals surface area contributed by atoms with E-state index in [1.54, 1.807) is 43.9 Å². The number of halogens is 1. The van der Waals surface area contributed by atoms with Gasteiger partial charge in [0.05, 0.1) is 24.6 Å². The minimum absolute atomic E-state index is 0.284. The topological polar surface area (TPSA) is 102 Å². The number of ether oxygens (including phenoxy) is 1. The van der Waals surface area contributed by atoms with Gasteiger partial charge in [0, 0.05) is 35.5 Å². The number of rotatable bonds is 6. The average Bonchev–Trinajstić information content (AvgIpc) is 2.82. The average molecular weight is 447 g/mol. The largest absolute Gasteiger partial charge is 0.495 e. The highest BCUT2D eigenvalue weighted by molar-refractivity contribution is 6.29. The van der Waals surface area contributed by atoms with Crippen molar-refractivity contribution in [3.63, 3.8) is 0 Å². The molecular formula is C23H19ClN6O2. The fraction of sp³-hybridized carbons (Fsp3) is 0.0870. The van der Waals surface area contributed by atoms with Gasteiger partial charge in [-0.3, -0.25) is 9.78 Å². The maximum atomic E-state index is 12.5. The number of nitrogens with one attached hydrogen (secondary N) is 2. The van der Waals surface area contributed by atoms with Crippen molar-refractivity contribution in [2.24, 2.45) is 0 Å². The van der Waals surface area contributed by atoms with Gasteiger partial charge in [-0.05, 0) is 48.9 Å². The number of aryl methyl sites for hydroxylation is 1. The third kappa shape index (κ3) is 4.98. The zero-order valence-electron chi connectivity index (χ0n) is 17.3. The molecule has 0 aliphatic carbocycles. The first-order valence-electron chi connectivity index (χ1n) is 9.65. The lowest BCUT2D eigenvalue weighted by Crippen LogP contribution is -2.12. The standard InChI is InChI=1S/C23H19ClN6O2/c1-14-3-5-17(28-22(31)15-4-6-21(24)27-12-15)10-20(14)30-23-26-8-7-19(29-23)16-9-18(32-2)13-25-11-16/h3-13H,1-2H3,(H,28,31)(H,26,29,30). The van der Waals surface area contributed by atoms with Crippen LogP contribution in [0.4, 0.5) is 17.3 Å². The number of methoxy groups -OCH3 is 1. The molecular weight excluding hydrogens is 428 g/mol. The van der Waals surface area contributed by atoms with Crippen LogP contribution in [-0.4, -0.2) is 33.0 Å². The fourth-order valence-corrected chi connectivity index (χ4v) is 3.03. The van der Waals surface area contributed by atoms with Gasteiger partial charge in [-0.2, -0.15) is 0 Å². The number of nitrogens with zero attached hydrogens (tertiary/aromatic N) is 4. The molecule has 0 radical (unpaired) electrons. The number of hydrogen-bond acceptors (Lipinski definition) is 7. The van der Waals surface area contributed by atoms with Gasteiger partial charge in [-0.15, -0.1) is 0 Å². The van der Waals surface area contributed by atoms with Crippen molar-refractivity contribution >= 4 is 34.8 Å². The first kappa shape index (κ1) is 21.2. The third-order valence-corrected chi connectivity index (χ3v) is 4.86.